The molecule has 0 atom stereocenters. The van der Waals surface area contributed by atoms with Crippen LogP contribution in [0, 0.1) is 0 Å². The maximum atomic E-state index is 12.5. The summed E-state index contributed by atoms with van der Waals surface area (Å²) in [6, 6.07) is 29.1. The van der Waals surface area contributed by atoms with E-state index in [0.29, 0.717) is 17.9 Å². The van der Waals surface area contributed by atoms with E-state index in [9.17, 15) is 9.59 Å². The molecule has 5 aromatic carbocycles. The van der Waals surface area contributed by atoms with Crippen LogP contribution in [0.1, 0.15) is 61.4 Å². The highest BCUT2D eigenvalue weighted by atomic mass is 16.5. The van der Waals surface area contributed by atoms with E-state index in [1.807, 2.05) is 24.3 Å². The molecule has 8 rings (SSSR count). The van der Waals surface area contributed by atoms with Crippen molar-refractivity contribution >= 4 is 34.6 Å². The van der Waals surface area contributed by atoms with Crippen LogP contribution in [-0.4, -0.2) is 59.6 Å². The molecule has 1 fully saturated rings. The van der Waals surface area contributed by atoms with Crippen LogP contribution in [0.3, 0.4) is 0 Å². The summed E-state index contributed by atoms with van der Waals surface area (Å²) in [5.74, 6) is 2.49. The fourth-order valence-corrected chi connectivity index (χ4v) is 8.83. The van der Waals surface area contributed by atoms with Crippen LogP contribution in [0.5, 0.6) is 23.0 Å². The number of alkyl carbamates (subject to hydrolysis) is 1. The molecule has 1 N–H and O–H groups in total. The zero-order chi connectivity index (χ0) is 42.2. The Morgan fingerprint density at radius 3 is 2.23 bits per heavy atom. The summed E-state index contributed by atoms with van der Waals surface area (Å²) in [6.45, 7) is 11.2. The number of anilines is 1. The van der Waals surface area contributed by atoms with Crippen molar-refractivity contribution in [2.75, 3.05) is 52.5 Å². The summed E-state index contributed by atoms with van der Waals surface area (Å²) in [4.78, 5) is 26.5. The minimum absolute atomic E-state index is 0.0206. The van der Waals surface area contributed by atoms with Crippen LogP contribution >= 0.6 is 0 Å². The Bertz CT molecular complexity index is 2510. The summed E-state index contributed by atoms with van der Waals surface area (Å²) < 4.78 is 35.4. The molecule has 0 unspecified atom stereocenters. The maximum absolute atomic E-state index is 12.5. The van der Waals surface area contributed by atoms with Gasteiger partial charge in [0.25, 0.3) is 0 Å². The number of carbonyl (C=O) groups is 2. The number of nitrogens with zero attached hydrogens (tertiary/aromatic N) is 1. The van der Waals surface area contributed by atoms with Gasteiger partial charge in [0.1, 0.15) is 29.6 Å². The van der Waals surface area contributed by atoms with Crippen molar-refractivity contribution in [1.29, 1.82) is 0 Å². The van der Waals surface area contributed by atoms with Gasteiger partial charge in [0.15, 0.2) is 5.60 Å². The molecule has 10 nitrogen and oxygen atoms in total. The molecule has 308 valence electrons. The molecule has 1 saturated heterocycles. The number of hydrogen-bond acceptors (Lipinski definition) is 9. The average Bonchev–Trinajstić information content (AvgIpc) is 3.52. The third-order valence-electron chi connectivity index (χ3n) is 11.8. The average molecular weight is 807 g/mol. The minimum atomic E-state index is -0.984. The van der Waals surface area contributed by atoms with Crippen molar-refractivity contribution in [2.45, 2.75) is 44.6 Å². The number of fused-ring (bicyclic) bond motifs is 8. The third-order valence-corrected chi connectivity index (χ3v) is 11.8. The van der Waals surface area contributed by atoms with Gasteiger partial charge in [-0.3, -0.25) is 0 Å². The second-order valence-electron chi connectivity index (χ2n) is 15.9. The zero-order valence-corrected chi connectivity index (χ0v) is 35.0. The summed E-state index contributed by atoms with van der Waals surface area (Å²) in [6.07, 6.45) is 6.96. The third kappa shape index (κ3) is 7.10. The van der Waals surface area contributed by atoms with Gasteiger partial charge in [0, 0.05) is 46.2 Å². The number of nitrogens with one attached hydrogen (secondary N) is 1. The van der Waals surface area contributed by atoms with E-state index in [2.05, 4.69) is 103 Å². The zero-order valence-electron chi connectivity index (χ0n) is 35.0. The lowest BCUT2D eigenvalue weighted by atomic mass is 9.76. The number of methoxy groups -OCH3 is 3. The van der Waals surface area contributed by atoms with Crippen molar-refractivity contribution in [2.24, 2.45) is 0 Å². The molecule has 0 bridgehead atoms. The molecule has 2 aliphatic heterocycles. The summed E-state index contributed by atoms with van der Waals surface area (Å²) in [7, 11) is 5.03. The Morgan fingerprint density at radius 1 is 0.900 bits per heavy atom. The van der Waals surface area contributed by atoms with Crippen LogP contribution < -0.4 is 29.2 Å². The highest BCUT2D eigenvalue weighted by molar-refractivity contribution is 6.10. The van der Waals surface area contributed by atoms with Gasteiger partial charge >= 0.3 is 12.1 Å². The second-order valence-corrected chi connectivity index (χ2v) is 15.9. The molecule has 60 heavy (non-hydrogen) atoms. The Kier molecular flexibility index (Phi) is 10.8. The van der Waals surface area contributed by atoms with Crippen molar-refractivity contribution < 1.29 is 38.0 Å². The molecule has 1 amide bonds. The van der Waals surface area contributed by atoms with Crippen molar-refractivity contribution in [3.8, 4) is 34.1 Å². The number of ether oxygens (including phenoxy) is 6. The first kappa shape index (κ1) is 40.1. The topological polar surface area (TPSA) is 105 Å². The lowest BCUT2D eigenvalue weighted by molar-refractivity contribution is -0.138. The molecule has 2 heterocycles. The molecule has 3 aliphatic rings. The van der Waals surface area contributed by atoms with Crippen LogP contribution in [0.25, 0.3) is 28.0 Å². The van der Waals surface area contributed by atoms with Gasteiger partial charge < -0.3 is 38.6 Å². The summed E-state index contributed by atoms with van der Waals surface area (Å²) in [5.41, 5.74) is 8.68. The van der Waals surface area contributed by atoms with E-state index in [4.69, 9.17) is 28.4 Å². The molecule has 1 aliphatic carbocycles. The molecule has 10 heteroatoms. The van der Waals surface area contributed by atoms with Crippen LogP contribution in [0.4, 0.5) is 10.5 Å². The van der Waals surface area contributed by atoms with Crippen molar-refractivity contribution in [3.63, 3.8) is 0 Å². The smallest absolute Gasteiger partial charge is 0.412 e. The highest BCUT2D eigenvalue weighted by Gasteiger charge is 2.44. The highest BCUT2D eigenvalue weighted by Crippen LogP contribution is 2.59. The van der Waals surface area contributed by atoms with Crippen LogP contribution in [0.2, 0.25) is 0 Å². The number of esters is 1. The Morgan fingerprint density at radius 2 is 1.58 bits per heavy atom. The standard InChI is InChI=1S/C50H50N2O8/c1-31(2)47(53)58-26-24-51-48(54)59-30-32-11-10-25-52(29-32)42-27-39-40(28-43(42)57-7)46-38(45-44(39)37-12-8-9-13-41(37)49(45,3)4)22-23-50(60-46,33-14-18-35(55-5)19-15-33)34-16-20-36(56-6)21-17-34/h8-9,12-23,27-28,30H,1,10-11,24-26,29H2,2-7H3,(H,51,54). The first-order valence-electron chi connectivity index (χ1n) is 20.2. The molecule has 0 radical (unpaired) electrons. The van der Waals surface area contributed by atoms with Crippen LogP contribution in [0.15, 0.2) is 115 Å². The minimum Gasteiger partial charge on any atom is -0.497 e. The fraction of sp³-hybridized carbons (Fsp3) is 0.280. The number of benzene rings is 5. The largest absolute Gasteiger partial charge is 0.497 e. The van der Waals surface area contributed by atoms with Crippen molar-refractivity contribution in [3.05, 3.63) is 143 Å². The van der Waals surface area contributed by atoms with E-state index < -0.39 is 17.7 Å². The van der Waals surface area contributed by atoms with Crippen molar-refractivity contribution in [1.82, 2.24) is 5.32 Å². The number of rotatable bonds is 11. The first-order chi connectivity index (χ1) is 29.0. The maximum Gasteiger partial charge on any atom is 0.412 e. The predicted octanol–water partition coefficient (Wildman–Crippen LogP) is 9.85. The monoisotopic (exact) mass is 806 g/mol. The van der Waals surface area contributed by atoms with E-state index in [1.165, 1.54) is 28.5 Å². The summed E-state index contributed by atoms with van der Waals surface area (Å²) >= 11 is 0. The van der Waals surface area contributed by atoms with Gasteiger partial charge in [0.05, 0.1) is 39.8 Å². The lowest BCUT2D eigenvalue weighted by Crippen LogP contribution is -2.35. The number of amides is 1. The number of carbonyl (C=O) groups excluding carboxylic acids is 2. The fourth-order valence-electron chi connectivity index (χ4n) is 8.83. The quantitative estimate of drug-likeness (QED) is 0.0605. The lowest BCUT2D eigenvalue weighted by Gasteiger charge is -2.39. The van der Waals surface area contributed by atoms with Gasteiger partial charge in [0.2, 0.25) is 0 Å². The number of piperidine rings is 1. The number of hydrogen-bond donors (Lipinski definition) is 1. The normalized spacial score (nSPS) is 16.2. The SMILES string of the molecule is C=C(C)C(=O)OCCNC(=O)OC=C1CCCN(c2cc3c4c(c5c(c3cc2OC)OC(c2ccc(OC)cc2)(c2ccc(OC)cc2)C=C5)C(C)(C)c2ccccc2-4)C1. The molecule has 0 spiro atoms. The summed E-state index contributed by atoms with van der Waals surface area (Å²) in [5, 5.41) is 4.62. The van der Waals surface area contributed by atoms with Gasteiger partial charge in [-0.15, -0.1) is 0 Å². The predicted molar refractivity (Wildman–Crippen MR) is 234 cm³/mol. The first-order valence-corrected chi connectivity index (χ1v) is 20.2. The van der Waals surface area contributed by atoms with E-state index in [-0.39, 0.29) is 18.6 Å². The van der Waals surface area contributed by atoms with E-state index >= 15 is 0 Å². The Labute approximate surface area is 351 Å². The Hall–Kier alpha value is -6.68. The van der Waals surface area contributed by atoms with Gasteiger partial charge in [-0.1, -0.05) is 75.0 Å². The second kappa shape index (κ2) is 16.2. The molecular weight excluding hydrogens is 757 g/mol. The van der Waals surface area contributed by atoms with E-state index in [1.54, 1.807) is 28.3 Å². The van der Waals surface area contributed by atoms with Crippen LogP contribution in [-0.2, 0) is 25.3 Å². The van der Waals surface area contributed by atoms with E-state index in [0.717, 1.165) is 75.4 Å². The Balaban J connectivity index is 1.22. The van der Waals surface area contributed by atoms with Gasteiger partial charge in [-0.05, 0) is 95.5 Å². The van der Waals surface area contributed by atoms with Gasteiger partial charge in [-0.2, -0.15) is 0 Å². The molecule has 0 saturated carbocycles. The molecule has 5 aromatic rings. The van der Waals surface area contributed by atoms with Gasteiger partial charge in [-0.25, -0.2) is 9.59 Å². The molecular formula is C50H50N2O8. The molecule has 0 aromatic heterocycles.